The number of carboxylic acid groups (broad SMARTS) is 2. The summed E-state index contributed by atoms with van der Waals surface area (Å²) in [5.41, 5.74) is -2.00. The van der Waals surface area contributed by atoms with Crippen LogP contribution in [0.25, 0.3) is 0 Å². The zero-order valence-corrected chi connectivity index (χ0v) is 23.6. The van der Waals surface area contributed by atoms with Crippen molar-refractivity contribution >= 4 is 27.1 Å². The van der Waals surface area contributed by atoms with E-state index in [9.17, 15) is 28.2 Å². The minimum Gasteiger partial charge on any atom is -0.549 e. The first-order valence-corrected chi connectivity index (χ1v) is 11.3. The summed E-state index contributed by atoms with van der Waals surface area (Å²) < 4.78 is 23.0. The van der Waals surface area contributed by atoms with Crippen LogP contribution in [0.15, 0.2) is 0 Å². The third kappa shape index (κ3) is 13.6. The van der Waals surface area contributed by atoms with E-state index in [0.29, 0.717) is 12.8 Å². The van der Waals surface area contributed by atoms with Crippen molar-refractivity contribution in [2.75, 3.05) is 0 Å². The molecular weight excluding hydrogens is 414 g/mol. The molecule has 0 atom stereocenters. The Kier molecular flexibility index (Phi) is 24.2. The maximum absolute atomic E-state index is 11.9. The monoisotopic (exact) mass is 448 g/mol. The van der Waals surface area contributed by atoms with Gasteiger partial charge >= 0.3 is 59.1 Å². The fourth-order valence-corrected chi connectivity index (χ4v) is 4.23. The van der Waals surface area contributed by atoms with E-state index in [1.165, 1.54) is 0 Å². The van der Waals surface area contributed by atoms with Crippen molar-refractivity contribution < 1.29 is 87.3 Å². The fraction of sp³-hybridized carbons (Fsp3) is 0.850. The number of hydrogen-bond donors (Lipinski definition) is 0. The predicted molar refractivity (Wildman–Crippen MR) is 102 cm³/mol. The van der Waals surface area contributed by atoms with Gasteiger partial charge in [-0.15, -0.1) is 0 Å². The third-order valence-electron chi connectivity index (χ3n) is 5.09. The zero-order chi connectivity index (χ0) is 20.7. The summed E-state index contributed by atoms with van der Waals surface area (Å²) in [4.78, 5) is 22.3. The summed E-state index contributed by atoms with van der Waals surface area (Å²) in [7, 11) is -3.16. The Morgan fingerprint density at radius 2 is 1.03 bits per heavy atom. The predicted octanol–water partition coefficient (Wildman–Crippen LogP) is -3.97. The molecule has 0 spiro atoms. The molecule has 0 aromatic carbocycles. The van der Waals surface area contributed by atoms with Crippen molar-refractivity contribution in [3.63, 3.8) is 0 Å². The normalized spacial score (nSPS) is 10.6. The maximum atomic E-state index is 11.9. The molecule has 158 valence electrons. The second-order valence-corrected chi connectivity index (χ2v) is 8.13. The number of carboxylic acids is 2. The van der Waals surface area contributed by atoms with Gasteiger partial charge in [0.25, 0.3) is 0 Å². The Labute approximate surface area is 221 Å². The van der Waals surface area contributed by atoms with Crippen LogP contribution >= 0.6 is 0 Å². The van der Waals surface area contributed by atoms with Gasteiger partial charge in [-0.2, -0.15) is 8.42 Å². The van der Waals surface area contributed by atoms with Gasteiger partial charge in [-0.3, -0.25) is 0 Å². The van der Waals surface area contributed by atoms with Gasteiger partial charge in [0.15, 0.2) is 0 Å². The maximum Gasteiger partial charge on any atom is 1.00 e. The number of carbonyl (C=O) groups excluding carboxylic acids is 2. The van der Waals surface area contributed by atoms with Gasteiger partial charge in [-0.05, 0) is 12.8 Å². The van der Waals surface area contributed by atoms with Crippen LogP contribution in [0.1, 0.15) is 104 Å². The van der Waals surface area contributed by atoms with E-state index in [0.717, 1.165) is 64.2 Å². The Balaban J connectivity index is -0.00000338. The molecule has 0 unspecified atom stereocenters. The van der Waals surface area contributed by atoms with Crippen molar-refractivity contribution in [1.29, 1.82) is 0 Å². The summed E-state index contributed by atoms with van der Waals surface area (Å²) in [6.07, 6.45) is 10.5. The quantitative estimate of drug-likeness (QED) is 0.127. The zero-order valence-electron chi connectivity index (χ0n) is 18.8. The molecule has 0 N–H and O–H groups in total. The van der Waals surface area contributed by atoms with E-state index < -0.39 is 32.5 Å². The molecule has 0 aliphatic heterocycles. The average molecular weight is 449 g/mol. The van der Waals surface area contributed by atoms with Crippen LogP contribution in [-0.4, -0.2) is 25.2 Å². The number of hydrogen-bond acceptors (Lipinski definition) is 6. The number of rotatable bonds is 17. The first-order chi connectivity index (χ1) is 12.8. The molecule has 0 fully saturated rings. The summed E-state index contributed by atoms with van der Waals surface area (Å²) in [6.45, 7) is 4.18. The van der Waals surface area contributed by atoms with Gasteiger partial charge in [0, 0.05) is 0 Å². The van der Waals surface area contributed by atoms with Crippen LogP contribution in [0.5, 0.6) is 0 Å². The van der Waals surface area contributed by atoms with E-state index in [1.807, 2.05) is 0 Å². The molecule has 0 aromatic heterocycles. The van der Waals surface area contributed by atoms with Crippen molar-refractivity contribution in [1.82, 2.24) is 0 Å². The van der Waals surface area contributed by atoms with Gasteiger partial charge in [0.05, 0.1) is 17.4 Å². The van der Waals surface area contributed by atoms with Crippen LogP contribution in [0.2, 0.25) is 0 Å². The molecule has 0 saturated carbocycles. The molecule has 6 nitrogen and oxygen atoms in total. The van der Waals surface area contributed by atoms with Crippen molar-refractivity contribution in [2.24, 2.45) is 5.41 Å². The van der Waals surface area contributed by atoms with Crippen LogP contribution in [0.3, 0.4) is 0 Å². The van der Waals surface area contributed by atoms with Crippen molar-refractivity contribution in [2.45, 2.75) is 104 Å². The largest absolute Gasteiger partial charge is 1.00 e. The summed E-state index contributed by atoms with van der Waals surface area (Å²) in [5.74, 6) is -3.57. The van der Waals surface area contributed by atoms with Gasteiger partial charge in [-0.25, -0.2) is 0 Å². The Hall–Kier alpha value is 0.630. The van der Waals surface area contributed by atoms with Crippen LogP contribution in [0, 0.1) is 5.41 Å². The summed E-state index contributed by atoms with van der Waals surface area (Å²) >= 11 is 0. The second kappa shape index (κ2) is 20.5. The average Bonchev–Trinajstić information content (AvgIpc) is 2.59. The molecule has 0 rings (SSSR count). The first kappa shape index (κ1) is 34.2. The van der Waals surface area contributed by atoms with Crippen molar-refractivity contribution in [3.8, 4) is 0 Å². The van der Waals surface area contributed by atoms with E-state index >= 15 is 0 Å². The molecule has 29 heavy (non-hydrogen) atoms. The molecule has 0 heterocycles. The molecule has 0 aliphatic carbocycles. The smallest absolute Gasteiger partial charge is 0.549 e. The molecule has 0 aliphatic rings. The van der Waals surface area contributed by atoms with Gasteiger partial charge < -0.3 is 19.8 Å². The van der Waals surface area contributed by atoms with E-state index in [1.54, 1.807) is 0 Å². The van der Waals surface area contributed by atoms with E-state index in [2.05, 4.69) is 13.8 Å². The third-order valence-corrected chi connectivity index (χ3v) is 5.98. The molecule has 0 amide bonds. The first-order valence-electron chi connectivity index (χ1n) is 10.2. The Bertz CT molecular complexity index is 566. The molecule has 0 saturated heterocycles. The van der Waals surface area contributed by atoms with Crippen LogP contribution < -0.4 is 69.3 Å². The minimum atomic E-state index is -3.16. The number of carbonyl (C=O) groups is 2. The fourth-order valence-electron chi connectivity index (χ4n) is 3.49. The molecule has 0 aromatic rings. The second-order valence-electron chi connectivity index (χ2n) is 7.26. The molecule has 9 heteroatoms. The van der Waals surface area contributed by atoms with Crippen LogP contribution in [0.4, 0.5) is 0 Å². The number of unbranched alkanes of at least 4 members (excludes halogenated alkanes) is 10. The SMILES string of the molecule is CCCCCCCCC(CCCCCCCC)(C(=O)[O-])C(C(=O)[O-])=S(=O)=O.[Na+].[Na+]. The van der Waals surface area contributed by atoms with Crippen molar-refractivity contribution in [3.05, 3.63) is 0 Å². The van der Waals surface area contributed by atoms with Crippen LogP contribution in [-0.2, 0) is 19.9 Å². The van der Waals surface area contributed by atoms with Gasteiger partial charge in [-0.1, -0.05) is 90.9 Å². The van der Waals surface area contributed by atoms with E-state index in [4.69, 9.17) is 0 Å². The molecule has 0 bridgehead atoms. The number of aliphatic carboxylic acids is 2. The topological polar surface area (TPSA) is 114 Å². The standard InChI is InChI=1S/C20H36O6S.2Na/c1-3-5-7-9-11-13-15-20(19(23)24,17(18(21)22)27(25)26)16-14-12-10-8-6-4-2;;/h3-16H2,1-2H3,(H,21,22)(H,23,24);;/q;2*+1/p-2. The minimum absolute atomic E-state index is 0. The molecular formula is C20H34Na2O6S. The van der Waals surface area contributed by atoms with E-state index in [-0.39, 0.29) is 72.0 Å². The Morgan fingerprint density at radius 3 is 1.31 bits per heavy atom. The molecule has 0 radical (unpaired) electrons. The summed E-state index contributed by atoms with van der Waals surface area (Å²) in [5, 5.41) is 23.3. The van der Waals surface area contributed by atoms with Gasteiger partial charge in [0.1, 0.15) is 4.86 Å². The van der Waals surface area contributed by atoms with Gasteiger partial charge in [0.2, 0.25) is 10.3 Å². The Morgan fingerprint density at radius 1 is 0.690 bits per heavy atom. The summed E-state index contributed by atoms with van der Waals surface area (Å²) in [6, 6.07) is 0.